The Bertz CT molecular complexity index is 1130. The van der Waals surface area contributed by atoms with Crippen molar-refractivity contribution in [3.8, 4) is 11.5 Å². The van der Waals surface area contributed by atoms with E-state index in [1.807, 2.05) is 85.8 Å². The van der Waals surface area contributed by atoms with Crippen molar-refractivity contribution >= 4 is 29.0 Å². The van der Waals surface area contributed by atoms with E-state index in [0.717, 1.165) is 28.5 Å². The summed E-state index contributed by atoms with van der Waals surface area (Å²) in [5, 5.41) is -0.266. The fourth-order valence-corrected chi connectivity index (χ4v) is 4.13. The lowest BCUT2D eigenvalue weighted by Crippen LogP contribution is -2.27. The first kappa shape index (κ1) is 21.7. The molecule has 0 unspecified atom stereocenters. The minimum Gasteiger partial charge on any atom is -0.490 e. The van der Waals surface area contributed by atoms with Gasteiger partial charge in [-0.15, -0.1) is 0 Å². The number of carbonyl (C=O) groups is 2. The smallest absolute Gasteiger partial charge is 0.293 e. The molecule has 0 atom stereocenters. The van der Waals surface area contributed by atoms with Crippen molar-refractivity contribution in [2.75, 3.05) is 6.61 Å². The molecular formula is C26H23NO4S. The molecule has 3 aromatic carbocycles. The molecule has 0 N–H and O–H groups in total. The summed E-state index contributed by atoms with van der Waals surface area (Å²) in [5.41, 5.74) is 2.74. The standard InChI is InChI=1S/C26H23NO4S/c1-2-30-23-15-21(13-14-22(23)31-18-20-11-7-4-8-12-20)16-24-25(28)27(26(29)32-24)17-19-9-5-3-6-10-19/h3-16H,2,17-18H2,1H3/b24-16-. The third-order valence-electron chi connectivity index (χ3n) is 4.86. The number of hydrogen-bond donors (Lipinski definition) is 0. The van der Waals surface area contributed by atoms with E-state index in [4.69, 9.17) is 9.47 Å². The summed E-state index contributed by atoms with van der Waals surface area (Å²) >= 11 is 0.953. The summed E-state index contributed by atoms with van der Waals surface area (Å²) in [5.74, 6) is 0.942. The SMILES string of the molecule is CCOc1cc(/C=C2\SC(=O)N(Cc3ccccc3)C2=O)ccc1OCc1ccccc1. The fraction of sp³-hybridized carbons (Fsp3) is 0.154. The zero-order chi connectivity index (χ0) is 22.3. The Kier molecular flexibility index (Phi) is 6.92. The zero-order valence-corrected chi connectivity index (χ0v) is 18.5. The fourth-order valence-electron chi connectivity index (χ4n) is 3.29. The minimum absolute atomic E-state index is 0.263. The summed E-state index contributed by atoms with van der Waals surface area (Å²) in [6.45, 7) is 3.08. The van der Waals surface area contributed by atoms with E-state index >= 15 is 0 Å². The van der Waals surface area contributed by atoms with Crippen LogP contribution in [0.5, 0.6) is 11.5 Å². The third kappa shape index (κ3) is 5.21. The van der Waals surface area contributed by atoms with E-state index in [-0.39, 0.29) is 17.7 Å². The number of nitrogens with zero attached hydrogens (tertiary/aromatic N) is 1. The van der Waals surface area contributed by atoms with Crippen LogP contribution in [0.15, 0.2) is 83.8 Å². The first-order valence-corrected chi connectivity index (χ1v) is 11.2. The molecule has 0 aliphatic carbocycles. The summed E-state index contributed by atoms with van der Waals surface area (Å²) in [6, 6.07) is 24.9. The lowest BCUT2D eigenvalue weighted by molar-refractivity contribution is -0.123. The summed E-state index contributed by atoms with van der Waals surface area (Å²) in [7, 11) is 0. The summed E-state index contributed by atoms with van der Waals surface area (Å²) < 4.78 is 11.7. The highest BCUT2D eigenvalue weighted by molar-refractivity contribution is 8.18. The zero-order valence-electron chi connectivity index (χ0n) is 17.7. The Hall–Kier alpha value is -3.51. The molecule has 162 valence electrons. The van der Waals surface area contributed by atoms with Gasteiger partial charge in [-0.3, -0.25) is 14.5 Å². The topological polar surface area (TPSA) is 55.8 Å². The number of ether oxygens (including phenoxy) is 2. The van der Waals surface area contributed by atoms with Crippen LogP contribution in [0.3, 0.4) is 0 Å². The quantitative estimate of drug-likeness (QED) is 0.404. The van der Waals surface area contributed by atoms with Crippen molar-refractivity contribution < 1.29 is 19.1 Å². The number of thioether (sulfide) groups is 1. The van der Waals surface area contributed by atoms with Gasteiger partial charge in [-0.05, 0) is 53.6 Å². The van der Waals surface area contributed by atoms with Gasteiger partial charge in [0.1, 0.15) is 6.61 Å². The molecule has 0 radical (unpaired) electrons. The molecule has 6 heteroatoms. The van der Waals surface area contributed by atoms with Crippen molar-refractivity contribution in [3.63, 3.8) is 0 Å². The lowest BCUT2D eigenvalue weighted by atomic mass is 10.1. The van der Waals surface area contributed by atoms with Crippen LogP contribution in [0.2, 0.25) is 0 Å². The maximum absolute atomic E-state index is 12.8. The molecule has 1 aliphatic rings. The predicted octanol–water partition coefficient (Wildman–Crippen LogP) is 5.90. The molecule has 0 bridgehead atoms. The van der Waals surface area contributed by atoms with Gasteiger partial charge in [0, 0.05) is 0 Å². The Morgan fingerprint density at radius 2 is 1.53 bits per heavy atom. The second kappa shape index (κ2) is 10.2. The maximum Gasteiger partial charge on any atom is 0.293 e. The van der Waals surface area contributed by atoms with Crippen molar-refractivity contribution in [1.82, 2.24) is 4.90 Å². The van der Waals surface area contributed by atoms with Gasteiger partial charge in [-0.1, -0.05) is 66.7 Å². The maximum atomic E-state index is 12.8. The van der Waals surface area contributed by atoms with Gasteiger partial charge in [0.15, 0.2) is 11.5 Å². The van der Waals surface area contributed by atoms with Crippen LogP contribution in [0.1, 0.15) is 23.6 Å². The molecule has 1 fully saturated rings. The highest BCUT2D eigenvalue weighted by atomic mass is 32.2. The Labute approximate surface area is 191 Å². The van der Waals surface area contributed by atoms with Gasteiger partial charge in [0.2, 0.25) is 0 Å². The molecule has 0 spiro atoms. The van der Waals surface area contributed by atoms with E-state index in [0.29, 0.717) is 29.6 Å². The number of hydrogen-bond acceptors (Lipinski definition) is 5. The third-order valence-corrected chi connectivity index (χ3v) is 5.77. The van der Waals surface area contributed by atoms with Crippen molar-refractivity contribution in [3.05, 3.63) is 100 Å². The second-order valence-electron chi connectivity index (χ2n) is 7.17. The van der Waals surface area contributed by atoms with E-state index in [9.17, 15) is 9.59 Å². The van der Waals surface area contributed by atoms with E-state index in [1.54, 1.807) is 6.08 Å². The first-order valence-electron chi connectivity index (χ1n) is 10.4. The molecule has 1 aliphatic heterocycles. The van der Waals surface area contributed by atoms with E-state index in [2.05, 4.69) is 0 Å². The van der Waals surface area contributed by atoms with Gasteiger partial charge in [-0.25, -0.2) is 0 Å². The van der Waals surface area contributed by atoms with E-state index < -0.39 is 0 Å². The second-order valence-corrected chi connectivity index (χ2v) is 8.16. The lowest BCUT2D eigenvalue weighted by Gasteiger charge is -2.13. The molecule has 1 heterocycles. The Morgan fingerprint density at radius 1 is 0.844 bits per heavy atom. The molecule has 0 saturated carbocycles. The summed E-state index contributed by atoms with van der Waals surface area (Å²) in [4.78, 5) is 26.9. The van der Waals surface area contributed by atoms with Crippen LogP contribution in [-0.4, -0.2) is 22.7 Å². The van der Waals surface area contributed by atoms with Crippen molar-refractivity contribution in [2.45, 2.75) is 20.1 Å². The van der Waals surface area contributed by atoms with Crippen LogP contribution < -0.4 is 9.47 Å². The number of benzene rings is 3. The average molecular weight is 446 g/mol. The molecule has 32 heavy (non-hydrogen) atoms. The Morgan fingerprint density at radius 3 is 2.22 bits per heavy atom. The minimum atomic E-state index is -0.286. The highest BCUT2D eigenvalue weighted by Gasteiger charge is 2.35. The molecule has 4 rings (SSSR count). The average Bonchev–Trinajstić information content (AvgIpc) is 3.07. The molecule has 3 aromatic rings. The number of carbonyl (C=O) groups excluding carboxylic acids is 2. The predicted molar refractivity (Wildman–Crippen MR) is 126 cm³/mol. The monoisotopic (exact) mass is 445 g/mol. The van der Waals surface area contributed by atoms with Gasteiger partial charge >= 0.3 is 0 Å². The van der Waals surface area contributed by atoms with Crippen molar-refractivity contribution in [1.29, 1.82) is 0 Å². The number of imide groups is 1. The largest absolute Gasteiger partial charge is 0.490 e. The van der Waals surface area contributed by atoms with Crippen LogP contribution in [0.25, 0.3) is 6.08 Å². The van der Waals surface area contributed by atoms with E-state index in [1.165, 1.54) is 4.90 Å². The highest BCUT2D eigenvalue weighted by Crippen LogP contribution is 2.35. The van der Waals surface area contributed by atoms with Gasteiger partial charge in [-0.2, -0.15) is 0 Å². The van der Waals surface area contributed by atoms with Crippen LogP contribution >= 0.6 is 11.8 Å². The van der Waals surface area contributed by atoms with Crippen molar-refractivity contribution in [2.24, 2.45) is 0 Å². The normalized spacial score (nSPS) is 14.8. The number of rotatable bonds is 8. The molecule has 1 saturated heterocycles. The summed E-state index contributed by atoms with van der Waals surface area (Å²) in [6.07, 6.45) is 1.72. The van der Waals surface area contributed by atoms with Crippen LogP contribution in [-0.2, 0) is 17.9 Å². The number of amides is 2. The first-order chi connectivity index (χ1) is 15.6. The van der Waals surface area contributed by atoms with Gasteiger partial charge in [0.05, 0.1) is 18.1 Å². The Balaban J connectivity index is 1.51. The molecular weight excluding hydrogens is 422 g/mol. The van der Waals surface area contributed by atoms with Gasteiger partial charge in [0.25, 0.3) is 11.1 Å². The molecule has 0 aromatic heterocycles. The van der Waals surface area contributed by atoms with Crippen LogP contribution in [0, 0.1) is 0 Å². The molecule has 2 amide bonds. The molecule has 5 nitrogen and oxygen atoms in total. The van der Waals surface area contributed by atoms with Gasteiger partial charge < -0.3 is 9.47 Å². The van der Waals surface area contributed by atoms with Crippen LogP contribution in [0.4, 0.5) is 4.79 Å².